The summed E-state index contributed by atoms with van der Waals surface area (Å²) in [6.45, 7) is 4.19. The minimum atomic E-state index is -0.0127. The third-order valence-electron chi connectivity index (χ3n) is 4.71. The minimum absolute atomic E-state index is 0.0127. The second-order valence-electron chi connectivity index (χ2n) is 6.51. The number of benzene rings is 1. The summed E-state index contributed by atoms with van der Waals surface area (Å²) in [6.07, 6.45) is 1.83. The maximum Gasteiger partial charge on any atom is 0.174 e. The Morgan fingerprint density at radius 1 is 1.12 bits per heavy atom. The van der Waals surface area contributed by atoms with Crippen molar-refractivity contribution in [3.05, 3.63) is 81.8 Å². The van der Waals surface area contributed by atoms with Crippen LogP contribution >= 0.6 is 28.1 Å². The number of nitrogens with zero attached hydrogens (tertiary/aromatic N) is 2. The summed E-state index contributed by atoms with van der Waals surface area (Å²) in [5.41, 5.74) is 5.58. The number of hydrogen-bond donors (Lipinski definition) is 2. The zero-order chi connectivity index (χ0) is 18.3. The molecule has 0 amide bonds. The van der Waals surface area contributed by atoms with Crippen molar-refractivity contribution in [2.75, 3.05) is 4.90 Å². The predicted octanol–water partition coefficient (Wildman–Crippen LogP) is 4.97. The van der Waals surface area contributed by atoms with Gasteiger partial charge in [-0.1, -0.05) is 22.0 Å². The van der Waals surface area contributed by atoms with Crippen LogP contribution in [0, 0.1) is 13.8 Å². The van der Waals surface area contributed by atoms with Gasteiger partial charge in [-0.2, -0.15) is 0 Å². The molecule has 2 aromatic heterocycles. The van der Waals surface area contributed by atoms with Crippen molar-refractivity contribution < 1.29 is 0 Å². The summed E-state index contributed by atoms with van der Waals surface area (Å²) < 4.78 is 1.05. The zero-order valence-electron chi connectivity index (χ0n) is 14.5. The lowest BCUT2D eigenvalue weighted by Crippen LogP contribution is -2.29. The van der Waals surface area contributed by atoms with Crippen LogP contribution in [0.15, 0.2) is 59.2 Å². The smallest absolute Gasteiger partial charge is 0.174 e. The number of hydrogen-bond acceptors (Lipinski definition) is 2. The molecule has 4 rings (SSSR count). The summed E-state index contributed by atoms with van der Waals surface area (Å²) in [5.74, 6) is 0. The first-order valence-corrected chi connectivity index (χ1v) is 9.67. The maximum atomic E-state index is 5.72. The van der Waals surface area contributed by atoms with Crippen molar-refractivity contribution in [3.63, 3.8) is 0 Å². The number of rotatable bonds is 3. The molecule has 1 aromatic carbocycles. The molecule has 1 saturated heterocycles. The van der Waals surface area contributed by atoms with Gasteiger partial charge in [0.15, 0.2) is 5.11 Å². The Morgan fingerprint density at radius 3 is 2.50 bits per heavy atom. The SMILES string of the molecule is Cc1cc(C2C(c3ccccn3)NC(=S)N2c2ccc(Br)cc2)c(C)[nH]1. The molecule has 2 atom stereocenters. The van der Waals surface area contributed by atoms with Gasteiger partial charge in [0.2, 0.25) is 0 Å². The second kappa shape index (κ2) is 6.85. The molecule has 0 spiro atoms. The van der Waals surface area contributed by atoms with Gasteiger partial charge in [-0.3, -0.25) is 4.98 Å². The molecule has 0 radical (unpaired) electrons. The topological polar surface area (TPSA) is 44.0 Å². The first-order valence-electron chi connectivity index (χ1n) is 8.47. The summed E-state index contributed by atoms with van der Waals surface area (Å²) in [4.78, 5) is 10.2. The molecule has 1 aliphatic rings. The Hall–Kier alpha value is -2.18. The molecule has 2 N–H and O–H groups in total. The third kappa shape index (κ3) is 3.04. The molecule has 2 unspecified atom stereocenters. The van der Waals surface area contributed by atoms with Crippen LogP contribution < -0.4 is 10.2 Å². The van der Waals surface area contributed by atoms with Gasteiger partial charge in [0.25, 0.3) is 0 Å². The molecule has 3 aromatic rings. The molecule has 1 aliphatic heterocycles. The van der Waals surface area contributed by atoms with Gasteiger partial charge in [-0.25, -0.2) is 0 Å². The minimum Gasteiger partial charge on any atom is -0.362 e. The molecule has 26 heavy (non-hydrogen) atoms. The Labute approximate surface area is 166 Å². The Kier molecular flexibility index (Phi) is 4.54. The van der Waals surface area contributed by atoms with Gasteiger partial charge in [-0.15, -0.1) is 0 Å². The number of anilines is 1. The Bertz CT molecular complexity index is 936. The first-order chi connectivity index (χ1) is 12.5. The van der Waals surface area contributed by atoms with E-state index < -0.39 is 0 Å². The van der Waals surface area contributed by atoms with Gasteiger partial charge in [-0.05, 0) is 74.1 Å². The summed E-state index contributed by atoms with van der Waals surface area (Å²) in [7, 11) is 0. The van der Waals surface area contributed by atoms with E-state index in [2.05, 4.69) is 68.2 Å². The van der Waals surface area contributed by atoms with Crippen LogP contribution in [-0.4, -0.2) is 15.1 Å². The standard InChI is InChI=1S/C20H19BrN4S/c1-12-11-16(13(2)23-12)19-18(17-5-3-4-10-22-17)24-20(26)25(19)15-8-6-14(21)7-9-15/h3-11,18-19,23H,1-2H3,(H,24,26). The normalized spacial score (nSPS) is 19.7. The van der Waals surface area contributed by atoms with Crippen LogP contribution in [0.1, 0.15) is 34.7 Å². The molecule has 3 heterocycles. The predicted molar refractivity (Wildman–Crippen MR) is 112 cm³/mol. The van der Waals surface area contributed by atoms with Crippen LogP contribution in [0.2, 0.25) is 0 Å². The Morgan fingerprint density at radius 2 is 1.88 bits per heavy atom. The lowest BCUT2D eigenvalue weighted by molar-refractivity contribution is 0.566. The van der Waals surface area contributed by atoms with Gasteiger partial charge in [0, 0.05) is 27.7 Å². The van der Waals surface area contributed by atoms with E-state index in [4.69, 9.17) is 12.2 Å². The molecule has 0 aliphatic carbocycles. The number of aryl methyl sites for hydroxylation is 2. The van der Waals surface area contributed by atoms with E-state index in [1.54, 1.807) is 0 Å². The van der Waals surface area contributed by atoms with E-state index in [1.807, 2.05) is 36.5 Å². The first kappa shape index (κ1) is 17.2. The monoisotopic (exact) mass is 426 g/mol. The largest absolute Gasteiger partial charge is 0.362 e. The van der Waals surface area contributed by atoms with E-state index >= 15 is 0 Å². The number of pyridine rings is 1. The van der Waals surface area contributed by atoms with Crippen molar-refractivity contribution in [1.82, 2.24) is 15.3 Å². The number of H-pyrrole nitrogens is 1. The molecule has 1 fully saturated rings. The van der Waals surface area contributed by atoms with E-state index in [0.717, 1.165) is 27.2 Å². The summed E-state index contributed by atoms with van der Waals surface area (Å²) in [5, 5.41) is 4.20. The number of thiocarbonyl (C=S) groups is 1. The molecular weight excluding hydrogens is 408 g/mol. The average molecular weight is 427 g/mol. The van der Waals surface area contributed by atoms with Crippen molar-refractivity contribution in [2.24, 2.45) is 0 Å². The zero-order valence-corrected chi connectivity index (χ0v) is 16.9. The van der Waals surface area contributed by atoms with E-state index in [9.17, 15) is 0 Å². The molecule has 6 heteroatoms. The van der Waals surface area contributed by atoms with E-state index in [1.165, 1.54) is 5.56 Å². The summed E-state index contributed by atoms with van der Waals surface area (Å²) >= 11 is 9.24. The van der Waals surface area contributed by atoms with E-state index in [-0.39, 0.29) is 12.1 Å². The lowest BCUT2D eigenvalue weighted by atomic mass is 9.96. The molecule has 0 saturated carbocycles. The molecule has 0 bridgehead atoms. The van der Waals surface area contributed by atoms with Crippen molar-refractivity contribution in [1.29, 1.82) is 0 Å². The fourth-order valence-corrected chi connectivity index (χ4v) is 4.21. The van der Waals surface area contributed by atoms with Gasteiger partial charge in [0.1, 0.15) is 0 Å². The van der Waals surface area contributed by atoms with Crippen LogP contribution in [0.4, 0.5) is 5.69 Å². The highest BCUT2D eigenvalue weighted by Crippen LogP contribution is 2.42. The average Bonchev–Trinajstić information content (AvgIpc) is 3.15. The molecule has 4 nitrogen and oxygen atoms in total. The highest BCUT2D eigenvalue weighted by Gasteiger charge is 2.41. The van der Waals surface area contributed by atoms with Gasteiger partial charge in [0.05, 0.1) is 17.8 Å². The highest BCUT2D eigenvalue weighted by atomic mass is 79.9. The third-order valence-corrected chi connectivity index (χ3v) is 5.55. The van der Waals surface area contributed by atoms with E-state index in [0.29, 0.717) is 5.11 Å². The number of nitrogens with one attached hydrogen (secondary N) is 2. The van der Waals surface area contributed by atoms with Crippen LogP contribution in [0.3, 0.4) is 0 Å². The number of halogens is 1. The van der Waals surface area contributed by atoms with Gasteiger partial charge < -0.3 is 15.2 Å². The molecule has 132 valence electrons. The van der Waals surface area contributed by atoms with Crippen LogP contribution in [0.25, 0.3) is 0 Å². The quantitative estimate of drug-likeness (QED) is 0.580. The van der Waals surface area contributed by atoms with Crippen LogP contribution in [0.5, 0.6) is 0 Å². The van der Waals surface area contributed by atoms with Gasteiger partial charge >= 0.3 is 0 Å². The van der Waals surface area contributed by atoms with Crippen molar-refractivity contribution in [2.45, 2.75) is 25.9 Å². The van der Waals surface area contributed by atoms with Crippen molar-refractivity contribution >= 4 is 38.9 Å². The van der Waals surface area contributed by atoms with Crippen molar-refractivity contribution in [3.8, 4) is 0 Å². The molecular formula is C20H19BrN4S. The maximum absolute atomic E-state index is 5.72. The lowest BCUT2D eigenvalue weighted by Gasteiger charge is -2.28. The fourth-order valence-electron chi connectivity index (χ4n) is 3.60. The second-order valence-corrected chi connectivity index (χ2v) is 7.81. The summed E-state index contributed by atoms with van der Waals surface area (Å²) in [6, 6.07) is 16.5. The Balaban J connectivity index is 1.85. The number of aromatic nitrogens is 2. The highest BCUT2D eigenvalue weighted by molar-refractivity contribution is 9.10. The number of aromatic amines is 1. The fraction of sp³-hybridized carbons (Fsp3) is 0.200. The van der Waals surface area contributed by atoms with Crippen LogP contribution in [-0.2, 0) is 0 Å².